The molecule has 0 radical (unpaired) electrons. The Morgan fingerprint density at radius 2 is 2.26 bits per heavy atom. The van der Waals surface area contributed by atoms with E-state index in [2.05, 4.69) is 4.98 Å². The van der Waals surface area contributed by atoms with Crippen LogP contribution in [-0.2, 0) is 13.1 Å². The van der Waals surface area contributed by atoms with Crippen molar-refractivity contribution < 1.29 is 16.3 Å². The maximum atomic E-state index is 13.9. The summed E-state index contributed by atoms with van der Waals surface area (Å²) in [6.45, 7) is -0.196. The summed E-state index contributed by atoms with van der Waals surface area (Å²) in [5.74, 6) is -2.28. The standard InChI is InChI=1S/C16H17F2N3O2/c1-10-6-7-21-14(20(10)2)8-13(19-16(21)22)23-9-11-4-3-5-12(17)15(11)18/h3-5,8,10H,6-7,9H2,1-2H3/t10-/m1/s1/i9D2. The maximum absolute atomic E-state index is 13.9. The fraction of sp³-hybridized carbons (Fsp3) is 0.375. The van der Waals surface area contributed by atoms with Crippen LogP contribution < -0.4 is 15.3 Å². The molecule has 1 aromatic heterocycles. The predicted molar refractivity (Wildman–Crippen MR) is 81.7 cm³/mol. The fourth-order valence-electron chi connectivity index (χ4n) is 2.45. The van der Waals surface area contributed by atoms with E-state index in [0.717, 1.165) is 18.6 Å². The van der Waals surface area contributed by atoms with Gasteiger partial charge in [-0.3, -0.25) is 4.57 Å². The molecule has 23 heavy (non-hydrogen) atoms. The summed E-state index contributed by atoms with van der Waals surface area (Å²) in [4.78, 5) is 17.7. The Kier molecular flexibility index (Phi) is 3.39. The van der Waals surface area contributed by atoms with Gasteiger partial charge in [0.1, 0.15) is 12.4 Å². The van der Waals surface area contributed by atoms with Crippen molar-refractivity contribution in [3.8, 4) is 5.88 Å². The summed E-state index contributed by atoms with van der Waals surface area (Å²) in [6, 6.07) is 4.75. The third-order valence-corrected chi connectivity index (χ3v) is 3.98. The molecule has 0 N–H and O–H groups in total. The first-order valence-electron chi connectivity index (χ1n) is 8.19. The first-order valence-corrected chi connectivity index (χ1v) is 7.19. The van der Waals surface area contributed by atoms with Gasteiger partial charge in [0.05, 0.1) is 2.74 Å². The third-order valence-electron chi connectivity index (χ3n) is 3.98. The highest BCUT2D eigenvalue weighted by Crippen LogP contribution is 2.24. The van der Waals surface area contributed by atoms with E-state index >= 15 is 0 Å². The topological polar surface area (TPSA) is 47.4 Å². The number of nitrogens with zero attached hydrogens (tertiary/aromatic N) is 3. The Labute approximate surface area is 134 Å². The molecule has 0 aliphatic carbocycles. The summed E-state index contributed by atoms with van der Waals surface area (Å²) in [5.41, 5.74) is -1.18. The lowest BCUT2D eigenvalue weighted by Crippen LogP contribution is -2.41. The van der Waals surface area contributed by atoms with Crippen molar-refractivity contribution >= 4 is 5.82 Å². The molecular formula is C16H17F2N3O2. The number of hydrogen-bond donors (Lipinski definition) is 0. The van der Waals surface area contributed by atoms with Crippen LogP contribution in [0.4, 0.5) is 14.6 Å². The first-order chi connectivity index (χ1) is 11.7. The van der Waals surface area contributed by atoms with Gasteiger partial charge in [0.25, 0.3) is 0 Å². The highest BCUT2D eigenvalue weighted by Gasteiger charge is 2.22. The van der Waals surface area contributed by atoms with Gasteiger partial charge in [0, 0.05) is 31.3 Å². The molecule has 1 aliphatic heterocycles. The van der Waals surface area contributed by atoms with Gasteiger partial charge in [-0.25, -0.2) is 13.6 Å². The zero-order valence-electron chi connectivity index (χ0n) is 14.7. The second-order valence-electron chi connectivity index (χ2n) is 5.44. The second-order valence-corrected chi connectivity index (χ2v) is 5.44. The molecule has 2 heterocycles. The van der Waals surface area contributed by atoms with Crippen molar-refractivity contribution in [2.45, 2.75) is 32.5 Å². The molecule has 0 saturated heterocycles. The van der Waals surface area contributed by atoms with E-state index in [9.17, 15) is 13.6 Å². The SMILES string of the molecule is [2H]C([2H])(Oc1cc2n(c(=O)n1)CC[C@@H](C)N2C)c1cccc(F)c1F. The Morgan fingerprint density at radius 3 is 3.04 bits per heavy atom. The minimum Gasteiger partial charge on any atom is -0.472 e. The minimum absolute atomic E-state index is 0.187. The molecule has 0 spiro atoms. The first kappa shape index (κ1) is 13.0. The smallest absolute Gasteiger partial charge is 0.352 e. The van der Waals surface area contributed by atoms with Crippen molar-refractivity contribution in [1.82, 2.24) is 9.55 Å². The number of ether oxygens (including phenoxy) is 1. The lowest BCUT2D eigenvalue weighted by Gasteiger charge is -2.34. The Bertz CT molecular complexity index is 873. The Morgan fingerprint density at radius 1 is 1.48 bits per heavy atom. The van der Waals surface area contributed by atoms with Crippen LogP contribution in [0.5, 0.6) is 5.88 Å². The lowest BCUT2D eigenvalue weighted by molar-refractivity contribution is 0.282. The second kappa shape index (κ2) is 5.98. The quantitative estimate of drug-likeness (QED) is 0.870. The fourth-order valence-corrected chi connectivity index (χ4v) is 2.45. The number of hydrogen-bond acceptors (Lipinski definition) is 4. The van der Waals surface area contributed by atoms with E-state index in [4.69, 9.17) is 7.48 Å². The van der Waals surface area contributed by atoms with Gasteiger partial charge in [-0.2, -0.15) is 4.98 Å². The van der Waals surface area contributed by atoms with Crippen molar-refractivity contribution in [2.24, 2.45) is 0 Å². The van der Waals surface area contributed by atoms with Gasteiger partial charge >= 0.3 is 5.69 Å². The molecule has 122 valence electrons. The lowest BCUT2D eigenvalue weighted by atomic mass is 10.1. The molecule has 0 saturated carbocycles. The van der Waals surface area contributed by atoms with Gasteiger partial charge in [0.2, 0.25) is 5.88 Å². The minimum atomic E-state index is -2.69. The monoisotopic (exact) mass is 323 g/mol. The van der Waals surface area contributed by atoms with Gasteiger partial charge in [-0.05, 0) is 19.4 Å². The highest BCUT2D eigenvalue weighted by molar-refractivity contribution is 5.43. The van der Waals surface area contributed by atoms with E-state index in [1.807, 2.05) is 11.8 Å². The molecule has 1 aromatic carbocycles. The molecular weight excluding hydrogens is 304 g/mol. The van der Waals surface area contributed by atoms with Gasteiger partial charge < -0.3 is 9.64 Å². The van der Waals surface area contributed by atoms with Crippen molar-refractivity contribution in [2.75, 3.05) is 11.9 Å². The summed E-state index contributed by atoms with van der Waals surface area (Å²) in [6.07, 6.45) is 0.778. The van der Waals surface area contributed by atoms with Crippen LogP contribution in [0.1, 0.15) is 21.6 Å². The molecule has 7 heteroatoms. The van der Waals surface area contributed by atoms with E-state index in [1.54, 1.807) is 7.05 Å². The average molecular weight is 323 g/mol. The zero-order valence-corrected chi connectivity index (χ0v) is 12.7. The van der Waals surface area contributed by atoms with Crippen LogP contribution in [0.25, 0.3) is 0 Å². The van der Waals surface area contributed by atoms with Gasteiger partial charge in [-0.15, -0.1) is 0 Å². The normalized spacial score (nSPS) is 19.0. The molecule has 0 amide bonds. The van der Waals surface area contributed by atoms with Gasteiger partial charge in [-0.1, -0.05) is 12.1 Å². The Hall–Kier alpha value is -2.44. The van der Waals surface area contributed by atoms with Crippen LogP contribution in [0.2, 0.25) is 0 Å². The molecule has 5 nitrogen and oxygen atoms in total. The van der Waals surface area contributed by atoms with Crippen LogP contribution in [0.3, 0.4) is 0 Å². The van der Waals surface area contributed by atoms with E-state index < -0.39 is 29.4 Å². The summed E-state index contributed by atoms with van der Waals surface area (Å²) in [7, 11) is 1.81. The van der Waals surface area contributed by atoms with Crippen molar-refractivity contribution in [1.29, 1.82) is 0 Å². The molecule has 3 rings (SSSR count). The Balaban J connectivity index is 1.99. The van der Waals surface area contributed by atoms with Crippen molar-refractivity contribution in [3.05, 3.63) is 51.9 Å². The average Bonchev–Trinajstić information content (AvgIpc) is 2.53. The van der Waals surface area contributed by atoms with Crippen LogP contribution in [-0.4, -0.2) is 22.6 Å². The van der Waals surface area contributed by atoms with E-state index in [-0.39, 0.29) is 11.9 Å². The molecule has 0 unspecified atom stereocenters. The summed E-state index contributed by atoms with van der Waals surface area (Å²) >= 11 is 0. The maximum Gasteiger partial charge on any atom is 0.352 e. The molecule has 0 bridgehead atoms. The predicted octanol–water partition coefficient (Wildman–Crippen LogP) is 2.33. The number of rotatable bonds is 3. The summed E-state index contributed by atoms with van der Waals surface area (Å²) in [5, 5.41) is 0. The van der Waals surface area contributed by atoms with Crippen molar-refractivity contribution in [3.63, 3.8) is 0 Å². The van der Waals surface area contributed by atoms with E-state index in [0.29, 0.717) is 12.4 Å². The van der Waals surface area contributed by atoms with Crippen LogP contribution >= 0.6 is 0 Å². The number of halogens is 2. The number of aromatic nitrogens is 2. The zero-order chi connectivity index (χ0) is 18.4. The number of benzene rings is 1. The number of fused-ring (bicyclic) bond motifs is 1. The van der Waals surface area contributed by atoms with Crippen LogP contribution in [0.15, 0.2) is 29.1 Å². The molecule has 1 aliphatic rings. The highest BCUT2D eigenvalue weighted by atomic mass is 19.2. The number of anilines is 1. The van der Waals surface area contributed by atoms with Gasteiger partial charge in [0.15, 0.2) is 11.6 Å². The third kappa shape index (κ3) is 2.91. The molecule has 1 atom stereocenters. The summed E-state index contributed by atoms with van der Waals surface area (Å²) < 4.78 is 49.7. The molecule has 0 fully saturated rings. The van der Waals surface area contributed by atoms with Crippen LogP contribution in [0, 0.1) is 11.6 Å². The largest absolute Gasteiger partial charge is 0.472 e. The van der Waals surface area contributed by atoms with E-state index in [1.165, 1.54) is 16.7 Å². The molecule has 2 aromatic rings.